The minimum Gasteiger partial charge on any atom is -0.497 e. The quantitative estimate of drug-likeness (QED) is 0.842. The molecule has 2 N–H and O–H groups in total. The molecule has 4 nitrogen and oxygen atoms in total. The van der Waals surface area contributed by atoms with Crippen LogP contribution in [0.5, 0.6) is 11.5 Å². The zero-order chi connectivity index (χ0) is 15.4. The molecular formula is C16H27NO3. The van der Waals surface area contributed by atoms with E-state index in [0.717, 1.165) is 17.1 Å². The molecule has 0 bridgehead atoms. The molecule has 0 aliphatic heterocycles. The molecule has 114 valence electrons. The van der Waals surface area contributed by atoms with Gasteiger partial charge in [0, 0.05) is 23.7 Å². The number of nitrogens with one attached hydrogen (secondary N) is 1. The maximum atomic E-state index is 9.78. The molecule has 0 aliphatic rings. The summed E-state index contributed by atoms with van der Waals surface area (Å²) in [6.07, 6.45) is 0. The van der Waals surface area contributed by atoms with Crippen LogP contribution in [0, 0.1) is 0 Å². The molecule has 4 heteroatoms. The van der Waals surface area contributed by atoms with E-state index in [-0.39, 0.29) is 12.1 Å². The first-order valence-electron chi connectivity index (χ1n) is 6.88. The number of methoxy groups -OCH3 is 1. The predicted octanol–water partition coefficient (Wildman–Crippen LogP) is 2.73. The number of hydrogen-bond donors (Lipinski definition) is 2. The second-order valence-electron chi connectivity index (χ2n) is 6.68. The molecule has 0 amide bonds. The van der Waals surface area contributed by atoms with Gasteiger partial charge in [-0.05, 0) is 40.7 Å². The molecule has 0 saturated heterocycles. The lowest BCUT2D eigenvalue weighted by Crippen LogP contribution is -2.35. The summed E-state index contributed by atoms with van der Waals surface area (Å²) >= 11 is 0. The molecule has 20 heavy (non-hydrogen) atoms. The fourth-order valence-electron chi connectivity index (χ4n) is 1.56. The number of rotatable bonds is 6. The van der Waals surface area contributed by atoms with Gasteiger partial charge in [-0.3, -0.25) is 0 Å². The molecule has 0 saturated carbocycles. The Bertz CT molecular complexity index is 430. The van der Waals surface area contributed by atoms with Crippen molar-refractivity contribution in [3.63, 3.8) is 0 Å². The van der Waals surface area contributed by atoms with Crippen LogP contribution in [0.3, 0.4) is 0 Å². The van der Waals surface area contributed by atoms with Crippen LogP contribution in [-0.2, 0) is 6.54 Å². The number of benzene rings is 1. The Morgan fingerprint density at radius 1 is 1.15 bits per heavy atom. The molecule has 0 heterocycles. The monoisotopic (exact) mass is 281 g/mol. The lowest BCUT2D eigenvalue weighted by Gasteiger charge is -2.23. The van der Waals surface area contributed by atoms with E-state index in [2.05, 4.69) is 26.1 Å². The SMILES string of the molecule is COc1ccc(CNC(C)(C)C)c(OCC(C)(C)O)c1. The topological polar surface area (TPSA) is 50.7 Å². The lowest BCUT2D eigenvalue weighted by atomic mass is 10.1. The molecule has 1 rings (SSSR count). The van der Waals surface area contributed by atoms with Gasteiger partial charge < -0.3 is 19.9 Å². The molecule has 0 fully saturated rings. The molecule has 0 radical (unpaired) electrons. The normalized spacial score (nSPS) is 12.3. The summed E-state index contributed by atoms with van der Waals surface area (Å²) in [7, 11) is 1.63. The summed E-state index contributed by atoms with van der Waals surface area (Å²) < 4.78 is 11.0. The Morgan fingerprint density at radius 3 is 2.30 bits per heavy atom. The van der Waals surface area contributed by atoms with E-state index in [0.29, 0.717) is 6.54 Å². The van der Waals surface area contributed by atoms with Crippen molar-refractivity contribution >= 4 is 0 Å². The maximum absolute atomic E-state index is 9.78. The van der Waals surface area contributed by atoms with Gasteiger partial charge in [0.15, 0.2) is 0 Å². The van der Waals surface area contributed by atoms with E-state index < -0.39 is 5.60 Å². The zero-order valence-corrected chi connectivity index (χ0v) is 13.4. The Balaban J connectivity index is 2.86. The standard InChI is InChI=1S/C16H27NO3/c1-15(2,3)17-10-12-7-8-13(19-6)9-14(12)20-11-16(4,5)18/h7-9,17-18H,10-11H2,1-6H3. The van der Waals surface area contributed by atoms with E-state index in [1.165, 1.54) is 0 Å². The van der Waals surface area contributed by atoms with Gasteiger partial charge in [0.05, 0.1) is 12.7 Å². The second kappa shape index (κ2) is 6.46. The first-order chi connectivity index (χ1) is 9.11. The first kappa shape index (κ1) is 16.8. The van der Waals surface area contributed by atoms with E-state index in [1.54, 1.807) is 21.0 Å². The Kier molecular flexibility index (Phi) is 5.42. The van der Waals surface area contributed by atoms with Gasteiger partial charge in [0.25, 0.3) is 0 Å². The Labute approximate surface area is 122 Å². The van der Waals surface area contributed by atoms with E-state index in [9.17, 15) is 5.11 Å². The highest BCUT2D eigenvalue weighted by atomic mass is 16.5. The number of hydrogen-bond acceptors (Lipinski definition) is 4. The van der Waals surface area contributed by atoms with Crippen molar-refractivity contribution in [3.05, 3.63) is 23.8 Å². The second-order valence-corrected chi connectivity index (χ2v) is 6.68. The van der Waals surface area contributed by atoms with Crippen molar-refractivity contribution in [1.82, 2.24) is 5.32 Å². The Hall–Kier alpha value is -1.26. The molecule has 0 aliphatic carbocycles. The molecule has 0 spiro atoms. The highest BCUT2D eigenvalue weighted by molar-refractivity contribution is 5.40. The largest absolute Gasteiger partial charge is 0.497 e. The molecular weight excluding hydrogens is 254 g/mol. The van der Waals surface area contributed by atoms with E-state index >= 15 is 0 Å². The minimum absolute atomic E-state index is 0.0352. The van der Waals surface area contributed by atoms with Gasteiger partial charge in [0.1, 0.15) is 18.1 Å². The molecule has 0 aromatic heterocycles. The van der Waals surface area contributed by atoms with Crippen molar-refractivity contribution in [2.45, 2.75) is 52.3 Å². The van der Waals surface area contributed by atoms with Crippen LogP contribution < -0.4 is 14.8 Å². The molecule has 1 aromatic carbocycles. The van der Waals surface area contributed by atoms with Crippen molar-refractivity contribution in [1.29, 1.82) is 0 Å². The lowest BCUT2D eigenvalue weighted by molar-refractivity contribution is 0.0280. The predicted molar refractivity (Wildman–Crippen MR) is 81.4 cm³/mol. The molecule has 1 aromatic rings. The van der Waals surface area contributed by atoms with Gasteiger partial charge in [-0.2, -0.15) is 0 Å². The third kappa shape index (κ3) is 6.26. The van der Waals surface area contributed by atoms with E-state index in [4.69, 9.17) is 9.47 Å². The minimum atomic E-state index is -0.863. The van der Waals surface area contributed by atoms with Crippen molar-refractivity contribution < 1.29 is 14.6 Å². The molecule has 0 atom stereocenters. The van der Waals surface area contributed by atoms with Gasteiger partial charge in [0.2, 0.25) is 0 Å². The van der Waals surface area contributed by atoms with Gasteiger partial charge >= 0.3 is 0 Å². The summed E-state index contributed by atoms with van der Waals surface area (Å²) in [4.78, 5) is 0. The number of aliphatic hydroxyl groups is 1. The van der Waals surface area contributed by atoms with E-state index in [1.807, 2.05) is 18.2 Å². The summed E-state index contributed by atoms with van der Waals surface area (Å²) in [5.41, 5.74) is 0.218. The first-order valence-corrected chi connectivity index (χ1v) is 6.88. The van der Waals surface area contributed by atoms with Crippen LogP contribution in [0.1, 0.15) is 40.2 Å². The van der Waals surface area contributed by atoms with Gasteiger partial charge in [-0.15, -0.1) is 0 Å². The number of ether oxygens (including phenoxy) is 2. The highest BCUT2D eigenvalue weighted by Gasteiger charge is 2.16. The third-order valence-electron chi connectivity index (χ3n) is 2.66. The third-order valence-corrected chi connectivity index (χ3v) is 2.66. The fraction of sp³-hybridized carbons (Fsp3) is 0.625. The van der Waals surface area contributed by atoms with Crippen LogP contribution in [0.2, 0.25) is 0 Å². The van der Waals surface area contributed by atoms with Crippen LogP contribution >= 0.6 is 0 Å². The summed E-state index contributed by atoms with van der Waals surface area (Å²) in [6.45, 7) is 10.7. The smallest absolute Gasteiger partial charge is 0.127 e. The van der Waals surface area contributed by atoms with Crippen LogP contribution in [0.4, 0.5) is 0 Å². The van der Waals surface area contributed by atoms with Gasteiger partial charge in [-0.25, -0.2) is 0 Å². The van der Waals surface area contributed by atoms with Gasteiger partial charge in [-0.1, -0.05) is 6.07 Å². The summed E-state index contributed by atoms with van der Waals surface area (Å²) in [6, 6.07) is 5.75. The van der Waals surface area contributed by atoms with Crippen LogP contribution in [0.15, 0.2) is 18.2 Å². The summed E-state index contributed by atoms with van der Waals surface area (Å²) in [5, 5.41) is 13.2. The maximum Gasteiger partial charge on any atom is 0.127 e. The Morgan fingerprint density at radius 2 is 1.80 bits per heavy atom. The zero-order valence-electron chi connectivity index (χ0n) is 13.4. The van der Waals surface area contributed by atoms with Crippen molar-refractivity contribution in [3.8, 4) is 11.5 Å². The average molecular weight is 281 g/mol. The van der Waals surface area contributed by atoms with Crippen molar-refractivity contribution in [2.24, 2.45) is 0 Å². The summed E-state index contributed by atoms with van der Waals surface area (Å²) in [5.74, 6) is 1.48. The average Bonchev–Trinajstić information content (AvgIpc) is 2.32. The van der Waals surface area contributed by atoms with Crippen LogP contribution in [0.25, 0.3) is 0 Å². The van der Waals surface area contributed by atoms with Crippen molar-refractivity contribution in [2.75, 3.05) is 13.7 Å². The molecule has 0 unspecified atom stereocenters. The highest BCUT2D eigenvalue weighted by Crippen LogP contribution is 2.26. The fourth-order valence-corrected chi connectivity index (χ4v) is 1.56. The van der Waals surface area contributed by atoms with Crippen LogP contribution in [-0.4, -0.2) is 30.0 Å².